The van der Waals surface area contributed by atoms with Crippen LogP contribution in [0.5, 0.6) is 5.75 Å². The molecule has 1 aromatic rings. The molecule has 82 valence electrons. The van der Waals surface area contributed by atoms with Gasteiger partial charge in [-0.1, -0.05) is 26.0 Å². The van der Waals surface area contributed by atoms with Gasteiger partial charge in [-0.2, -0.15) is 0 Å². The molecule has 0 aliphatic rings. The lowest BCUT2D eigenvalue weighted by Crippen LogP contribution is -2.26. The highest BCUT2D eigenvalue weighted by atomic mass is 16.5. The number of amides is 1. The van der Waals surface area contributed by atoms with E-state index in [1.807, 2.05) is 25.1 Å². The van der Waals surface area contributed by atoms with Crippen LogP contribution in [0.4, 0.5) is 4.79 Å². The summed E-state index contributed by atoms with van der Waals surface area (Å²) >= 11 is 0. The van der Waals surface area contributed by atoms with E-state index in [1.54, 1.807) is 6.07 Å². The van der Waals surface area contributed by atoms with Crippen molar-refractivity contribution >= 4 is 6.09 Å². The number of nitrogens with one attached hydrogen (secondary N) is 1. The van der Waals surface area contributed by atoms with Crippen molar-refractivity contribution in [2.24, 2.45) is 0 Å². The van der Waals surface area contributed by atoms with E-state index in [2.05, 4.69) is 19.2 Å². The van der Waals surface area contributed by atoms with Crippen molar-refractivity contribution in [1.29, 1.82) is 0 Å². The van der Waals surface area contributed by atoms with Crippen LogP contribution in [0.15, 0.2) is 24.3 Å². The molecule has 0 aliphatic carbocycles. The third-order valence-electron chi connectivity index (χ3n) is 2.06. The Morgan fingerprint density at radius 1 is 1.47 bits per heavy atom. The van der Waals surface area contributed by atoms with Crippen molar-refractivity contribution in [2.75, 3.05) is 6.54 Å². The number of carbonyl (C=O) groups is 1. The molecule has 0 atom stereocenters. The van der Waals surface area contributed by atoms with E-state index in [1.165, 1.54) is 0 Å². The zero-order valence-electron chi connectivity index (χ0n) is 9.41. The Bertz CT molecular complexity index is 334. The summed E-state index contributed by atoms with van der Waals surface area (Å²) in [6, 6.07) is 7.58. The standard InChI is InChI=1S/C12H17NO2/c1-4-13-12(14)15-11-7-5-6-10(8-11)9(2)3/h5-9H,4H2,1-3H3,(H,13,14). The summed E-state index contributed by atoms with van der Waals surface area (Å²) in [6.07, 6.45) is -0.404. The normalized spacial score (nSPS) is 10.1. The van der Waals surface area contributed by atoms with Gasteiger partial charge >= 0.3 is 6.09 Å². The van der Waals surface area contributed by atoms with Crippen LogP contribution < -0.4 is 10.1 Å². The first-order valence-corrected chi connectivity index (χ1v) is 5.19. The van der Waals surface area contributed by atoms with Crippen molar-refractivity contribution in [2.45, 2.75) is 26.7 Å². The second-order valence-electron chi connectivity index (χ2n) is 3.65. The van der Waals surface area contributed by atoms with Gasteiger partial charge in [0.25, 0.3) is 0 Å². The molecule has 0 aromatic heterocycles. The predicted molar refractivity (Wildman–Crippen MR) is 60.2 cm³/mol. The number of hydrogen-bond acceptors (Lipinski definition) is 2. The first kappa shape index (κ1) is 11.6. The first-order chi connectivity index (χ1) is 7.13. The lowest BCUT2D eigenvalue weighted by Gasteiger charge is -2.08. The van der Waals surface area contributed by atoms with Crippen molar-refractivity contribution in [3.63, 3.8) is 0 Å². The summed E-state index contributed by atoms with van der Waals surface area (Å²) in [5.74, 6) is 1.02. The minimum Gasteiger partial charge on any atom is -0.410 e. The van der Waals surface area contributed by atoms with Gasteiger partial charge in [-0.15, -0.1) is 0 Å². The molecule has 0 saturated carbocycles. The van der Waals surface area contributed by atoms with E-state index < -0.39 is 6.09 Å². The molecule has 0 bridgehead atoms. The third-order valence-corrected chi connectivity index (χ3v) is 2.06. The average molecular weight is 207 g/mol. The monoisotopic (exact) mass is 207 g/mol. The fourth-order valence-electron chi connectivity index (χ4n) is 1.22. The molecule has 1 aromatic carbocycles. The Hall–Kier alpha value is -1.51. The quantitative estimate of drug-likeness (QED) is 0.827. The van der Waals surface area contributed by atoms with Gasteiger partial charge in [-0.05, 0) is 30.5 Å². The molecule has 0 spiro atoms. The van der Waals surface area contributed by atoms with E-state index in [0.717, 1.165) is 5.56 Å². The number of ether oxygens (including phenoxy) is 1. The largest absolute Gasteiger partial charge is 0.412 e. The van der Waals surface area contributed by atoms with Gasteiger partial charge in [0.15, 0.2) is 0 Å². The Kier molecular flexibility index (Phi) is 4.16. The highest BCUT2D eigenvalue weighted by Crippen LogP contribution is 2.19. The van der Waals surface area contributed by atoms with Crippen LogP contribution in [0, 0.1) is 0 Å². The lowest BCUT2D eigenvalue weighted by molar-refractivity contribution is 0.201. The second-order valence-corrected chi connectivity index (χ2v) is 3.65. The van der Waals surface area contributed by atoms with Crippen LogP contribution in [-0.2, 0) is 0 Å². The highest BCUT2D eigenvalue weighted by Gasteiger charge is 2.04. The van der Waals surface area contributed by atoms with Gasteiger partial charge in [0.1, 0.15) is 5.75 Å². The maximum Gasteiger partial charge on any atom is 0.412 e. The van der Waals surface area contributed by atoms with E-state index in [0.29, 0.717) is 18.2 Å². The topological polar surface area (TPSA) is 38.3 Å². The zero-order chi connectivity index (χ0) is 11.3. The van der Waals surface area contributed by atoms with Gasteiger partial charge < -0.3 is 10.1 Å². The average Bonchev–Trinajstić information content (AvgIpc) is 2.18. The lowest BCUT2D eigenvalue weighted by atomic mass is 10.0. The maximum atomic E-state index is 11.2. The minimum atomic E-state index is -0.404. The van der Waals surface area contributed by atoms with Crippen LogP contribution >= 0.6 is 0 Å². The summed E-state index contributed by atoms with van der Waals surface area (Å²) in [4.78, 5) is 11.2. The molecule has 3 nitrogen and oxygen atoms in total. The molecule has 1 amide bonds. The Morgan fingerprint density at radius 3 is 2.80 bits per heavy atom. The van der Waals surface area contributed by atoms with Crippen LogP contribution in [-0.4, -0.2) is 12.6 Å². The molecule has 0 heterocycles. The summed E-state index contributed by atoms with van der Waals surface area (Å²) in [5, 5.41) is 2.58. The number of rotatable bonds is 3. The number of hydrogen-bond donors (Lipinski definition) is 1. The maximum absolute atomic E-state index is 11.2. The molecule has 3 heteroatoms. The van der Waals surface area contributed by atoms with Crippen LogP contribution in [0.1, 0.15) is 32.3 Å². The van der Waals surface area contributed by atoms with Crippen LogP contribution in [0.3, 0.4) is 0 Å². The van der Waals surface area contributed by atoms with Gasteiger partial charge in [-0.25, -0.2) is 4.79 Å². The zero-order valence-corrected chi connectivity index (χ0v) is 9.41. The Labute approximate surface area is 90.4 Å². The van der Waals surface area contributed by atoms with E-state index >= 15 is 0 Å². The molecular weight excluding hydrogens is 190 g/mol. The van der Waals surface area contributed by atoms with Crippen molar-refractivity contribution in [1.82, 2.24) is 5.32 Å². The second kappa shape index (κ2) is 5.39. The summed E-state index contributed by atoms with van der Waals surface area (Å²) in [6.45, 7) is 6.63. The van der Waals surface area contributed by atoms with Crippen molar-refractivity contribution in [3.05, 3.63) is 29.8 Å². The van der Waals surface area contributed by atoms with Crippen molar-refractivity contribution in [3.8, 4) is 5.75 Å². The van der Waals surface area contributed by atoms with Gasteiger partial charge in [0.2, 0.25) is 0 Å². The van der Waals surface area contributed by atoms with Gasteiger partial charge in [0.05, 0.1) is 0 Å². The summed E-state index contributed by atoms with van der Waals surface area (Å²) in [5.41, 5.74) is 1.16. The first-order valence-electron chi connectivity index (χ1n) is 5.19. The summed E-state index contributed by atoms with van der Waals surface area (Å²) < 4.78 is 5.10. The highest BCUT2D eigenvalue weighted by molar-refractivity contribution is 5.70. The van der Waals surface area contributed by atoms with Gasteiger partial charge in [0, 0.05) is 6.54 Å². The molecule has 0 aliphatic heterocycles. The molecule has 0 saturated heterocycles. The van der Waals surface area contributed by atoms with Crippen LogP contribution in [0.2, 0.25) is 0 Å². The number of carbonyl (C=O) groups excluding carboxylic acids is 1. The third kappa shape index (κ3) is 3.62. The molecule has 1 N–H and O–H groups in total. The van der Waals surface area contributed by atoms with E-state index in [9.17, 15) is 4.79 Å². The predicted octanol–water partition coefficient (Wildman–Crippen LogP) is 2.92. The molecule has 0 fully saturated rings. The Morgan fingerprint density at radius 2 is 2.20 bits per heavy atom. The van der Waals surface area contributed by atoms with Crippen molar-refractivity contribution < 1.29 is 9.53 Å². The van der Waals surface area contributed by atoms with Gasteiger partial charge in [-0.3, -0.25) is 0 Å². The number of benzene rings is 1. The van der Waals surface area contributed by atoms with Crippen LogP contribution in [0.25, 0.3) is 0 Å². The summed E-state index contributed by atoms with van der Waals surface area (Å²) in [7, 11) is 0. The smallest absolute Gasteiger partial charge is 0.410 e. The molecule has 1 rings (SSSR count). The fourth-order valence-corrected chi connectivity index (χ4v) is 1.22. The molecule has 0 radical (unpaired) electrons. The molecular formula is C12H17NO2. The SMILES string of the molecule is CCNC(=O)Oc1cccc(C(C)C)c1. The van der Waals surface area contributed by atoms with E-state index in [4.69, 9.17) is 4.74 Å². The minimum absolute atomic E-state index is 0.404. The Balaban J connectivity index is 2.69. The van der Waals surface area contributed by atoms with E-state index in [-0.39, 0.29) is 0 Å². The molecule has 15 heavy (non-hydrogen) atoms. The fraction of sp³-hybridized carbons (Fsp3) is 0.417. The molecule has 0 unspecified atom stereocenters.